The minimum absolute atomic E-state index is 0.352. The van der Waals surface area contributed by atoms with E-state index in [0.29, 0.717) is 12.2 Å². The summed E-state index contributed by atoms with van der Waals surface area (Å²) in [5, 5.41) is 12.1. The van der Waals surface area contributed by atoms with Gasteiger partial charge < -0.3 is 15.2 Å². The lowest BCUT2D eigenvalue weighted by molar-refractivity contribution is 0.0696. The van der Waals surface area contributed by atoms with Crippen LogP contribution in [0.5, 0.6) is 0 Å². The molecule has 1 aliphatic rings. The van der Waals surface area contributed by atoms with E-state index in [4.69, 9.17) is 9.84 Å². The molecule has 0 aliphatic heterocycles. The summed E-state index contributed by atoms with van der Waals surface area (Å²) in [7, 11) is 0. The van der Waals surface area contributed by atoms with Crippen molar-refractivity contribution in [3.05, 3.63) is 29.3 Å². The molecule has 0 saturated heterocycles. The van der Waals surface area contributed by atoms with Gasteiger partial charge in [-0.2, -0.15) is 0 Å². The molecule has 98 valence electrons. The van der Waals surface area contributed by atoms with Crippen LogP contribution < -0.4 is 5.32 Å². The van der Waals surface area contributed by atoms with Gasteiger partial charge in [0.1, 0.15) is 0 Å². The van der Waals surface area contributed by atoms with Crippen LogP contribution in [0.15, 0.2) is 18.2 Å². The molecule has 0 radical (unpaired) electrons. The van der Waals surface area contributed by atoms with Crippen LogP contribution in [0.3, 0.4) is 0 Å². The maximum absolute atomic E-state index is 10.9. The lowest BCUT2D eigenvalue weighted by atomic mass is 10.1. The summed E-state index contributed by atoms with van der Waals surface area (Å²) >= 11 is 0. The molecule has 1 aliphatic carbocycles. The third kappa shape index (κ3) is 3.74. The first-order valence-electron chi connectivity index (χ1n) is 6.32. The van der Waals surface area contributed by atoms with Crippen LogP contribution in [-0.4, -0.2) is 30.8 Å². The van der Waals surface area contributed by atoms with Gasteiger partial charge >= 0.3 is 5.97 Å². The van der Waals surface area contributed by atoms with Crippen LogP contribution in [0.1, 0.15) is 28.8 Å². The fourth-order valence-corrected chi connectivity index (χ4v) is 1.82. The number of hydrogen-bond donors (Lipinski definition) is 2. The van der Waals surface area contributed by atoms with Crippen LogP contribution in [-0.2, 0) is 4.74 Å². The third-order valence-corrected chi connectivity index (χ3v) is 3.08. The molecule has 0 spiro atoms. The molecule has 1 aromatic carbocycles. The van der Waals surface area contributed by atoms with Crippen molar-refractivity contribution in [2.24, 2.45) is 5.92 Å². The number of carbonyl (C=O) groups is 1. The zero-order chi connectivity index (χ0) is 13.0. The van der Waals surface area contributed by atoms with E-state index in [9.17, 15) is 4.79 Å². The van der Waals surface area contributed by atoms with Crippen LogP contribution in [0.4, 0.5) is 5.69 Å². The van der Waals surface area contributed by atoms with Gasteiger partial charge in [-0.3, -0.25) is 0 Å². The van der Waals surface area contributed by atoms with E-state index in [1.807, 2.05) is 6.07 Å². The summed E-state index contributed by atoms with van der Waals surface area (Å²) < 4.78 is 5.51. The molecule has 4 nitrogen and oxygen atoms in total. The van der Waals surface area contributed by atoms with Crippen LogP contribution >= 0.6 is 0 Å². The van der Waals surface area contributed by atoms with E-state index >= 15 is 0 Å². The molecule has 1 fully saturated rings. The molecule has 0 amide bonds. The monoisotopic (exact) mass is 249 g/mol. The number of hydrogen-bond acceptors (Lipinski definition) is 3. The van der Waals surface area contributed by atoms with Gasteiger partial charge in [-0.1, -0.05) is 0 Å². The predicted octanol–water partition coefficient (Wildman–Crippen LogP) is 2.53. The van der Waals surface area contributed by atoms with Crippen molar-refractivity contribution >= 4 is 11.7 Å². The fraction of sp³-hybridized carbons (Fsp3) is 0.500. The lowest BCUT2D eigenvalue weighted by Gasteiger charge is -2.09. The zero-order valence-corrected chi connectivity index (χ0v) is 10.6. The average molecular weight is 249 g/mol. The second-order valence-electron chi connectivity index (χ2n) is 4.78. The van der Waals surface area contributed by atoms with Crippen molar-refractivity contribution in [2.75, 3.05) is 25.1 Å². The van der Waals surface area contributed by atoms with Gasteiger partial charge in [0.15, 0.2) is 0 Å². The molecule has 2 rings (SSSR count). The Balaban J connectivity index is 1.74. The Morgan fingerprint density at radius 2 is 2.28 bits per heavy atom. The van der Waals surface area contributed by atoms with Gasteiger partial charge in [-0.05, 0) is 49.4 Å². The summed E-state index contributed by atoms with van der Waals surface area (Å²) in [6.45, 7) is 4.12. The average Bonchev–Trinajstić information content (AvgIpc) is 3.12. The van der Waals surface area contributed by atoms with Gasteiger partial charge in [-0.15, -0.1) is 0 Å². The topological polar surface area (TPSA) is 58.6 Å². The Morgan fingerprint density at radius 3 is 2.89 bits per heavy atom. The highest BCUT2D eigenvalue weighted by molar-refractivity contribution is 5.89. The van der Waals surface area contributed by atoms with Crippen molar-refractivity contribution in [3.63, 3.8) is 0 Å². The quantitative estimate of drug-likeness (QED) is 0.729. The number of benzene rings is 1. The fourth-order valence-electron chi connectivity index (χ4n) is 1.82. The smallest absolute Gasteiger partial charge is 0.335 e. The van der Waals surface area contributed by atoms with Gasteiger partial charge in [0, 0.05) is 18.8 Å². The Kier molecular flexibility index (Phi) is 4.20. The van der Waals surface area contributed by atoms with Gasteiger partial charge in [-0.25, -0.2) is 4.79 Å². The van der Waals surface area contributed by atoms with E-state index < -0.39 is 5.97 Å². The molecular weight excluding hydrogens is 230 g/mol. The largest absolute Gasteiger partial charge is 0.478 e. The summed E-state index contributed by atoms with van der Waals surface area (Å²) in [6, 6.07) is 5.27. The van der Waals surface area contributed by atoms with E-state index in [-0.39, 0.29) is 0 Å². The number of ether oxygens (including phenoxy) is 1. The number of aromatic carboxylic acids is 1. The standard InChI is InChI=1S/C14H19NO3/c1-10-8-12(4-5-13(10)14(16)17)15-6-7-18-9-11-2-3-11/h4-5,8,11,15H,2-3,6-7,9H2,1H3,(H,16,17). The normalized spacial score (nSPS) is 14.5. The number of aryl methyl sites for hydroxylation is 1. The predicted molar refractivity (Wildman–Crippen MR) is 70.2 cm³/mol. The summed E-state index contributed by atoms with van der Waals surface area (Å²) in [6.07, 6.45) is 2.62. The summed E-state index contributed by atoms with van der Waals surface area (Å²) in [5.74, 6) is -0.0890. The highest BCUT2D eigenvalue weighted by atomic mass is 16.5. The third-order valence-electron chi connectivity index (χ3n) is 3.08. The van der Waals surface area contributed by atoms with Gasteiger partial charge in [0.2, 0.25) is 0 Å². The summed E-state index contributed by atoms with van der Waals surface area (Å²) in [4.78, 5) is 10.9. The van der Waals surface area contributed by atoms with Crippen LogP contribution in [0.2, 0.25) is 0 Å². The number of carboxylic acids is 1. The minimum Gasteiger partial charge on any atom is -0.478 e. The maximum atomic E-state index is 10.9. The molecular formula is C14H19NO3. The molecule has 0 heterocycles. The first-order chi connectivity index (χ1) is 8.66. The SMILES string of the molecule is Cc1cc(NCCOCC2CC2)ccc1C(=O)O. The molecule has 1 aromatic rings. The molecule has 0 aromatic heterocycles. The number of carboxylic acid groups (broad SMARTS) is 1. The number of nitrogens with one attached hydrogen (secondary N) is 1. The van der Waals surface area contributed by atoms with Crippen LogP contribution in [0.25, 0.3) is 0 Å². The van der Waals surface area contributed by atoms with Gasteiger partial charge in [0.05, 0.1) is 12.2 Å². The van der Waals surface area contributed by atoms with Gasteiger partial charge in [0.25, 0.3) is 0 Å². The van der Waals surface area contributed by atoms with Crippen molar-refractivity contribution < 1.29 is 14.6 Å². The van der Waals surface area contributed by atoms with E-state index in [2.05, 4.69) is 5.32 Å². The van der Waals surface area contributed by atoms with Crippen molar-refractivity contribution in [1.82, 2.24) is 0 Å². The van der Waals surface area contributed by atoms with Crippen LogP contribution in [0, 0.1) is 12.8 Å². The molecule has 0 bridgehead atoms. The second-order valence-corrected chi connectivity index (χ2v) is 4.78. The molecule has 4 heteroatoms. The molecule has 1 saturated carbocycles. The Morgan fingerprint density at radius 1 is 1.50 bits per heavy atom. The van der Waals surface area contributed by atoms with Crippen molar-refractivity contribution in [3.8, 4) is 0 Å². The Hall–Kier alpha value is -1.55. The number of anilines is 1. The first kappa shape index (κ1) is 12.9. The highest BCUT2D eigenvalue weighted by Crippen LogP contribution is 2.28. The summed E-state index contributed by atoms with van der Waals surface area (Å²) in [5.41, 5.74) is 2.06. The highest BCUT2D eigenvalue weighted by Gasteiger charge is 2.20. The maximum Gasteiger partial charge on any atom is 0.335 e. The first-order valence-corrected chi connectivity index (χ1v) is 6.32. The Bertz CT molecular complexity index is 427. The lowest BCUT2D eigenvalue weighted by Crippen LogP contribution is -2.11. The molecule has 2 N–H and O–H groups in total. The second kappa shape index (κ2) is 5.87. The van der Waals surface area contributed by atoms with E-state index in [1.165, 1.54) is 12.8 Å². The number of rotatable bonds is 7. The Labute approximate surface area is 107 Å². The van der Waals surface area contributed by atoms with Crippen molar-refractivity contribution in [2.45, 2.75) is 19.8 Å². The molecule has 0 atom stereocenters. The molecule has 18 heavy (non-hydrogen) atoms. The minimum atomic E-state index is -0.883. The molecule has 0 unspecified atom stereocenters. The van der Waals surface area contributed by atoms with E-state index in [1.54, 1.807) is 19.1 Å². The van der Waals surface area contributed by atoms with Crippen molar-refractivity contribution in [1.29, 1.82) is 0 Å². The zero-order valence-electron chi connectivity index (χ0n) is 10.6. The van der Waals surface area contributed by atoms with E-state index in [0.717, 1.165) is 30.3 Å².